The van der Waals surface area contributed by atoms with Crippen molar-refractivity contribution < 1.29 is 18.0 Å². The van der Waals surface area contributed by atoms with Crippen molar-refractivity contribution in [3.05, 3.63) is 89.0 Å². The van der Waals surface area contributed by atoms with Gasteiger partial charge in [-0.25, -0.2) is 22.7 Å². The average molecular weight is 392 g/mol. The number of hydrogen-bond acceptors (Lipinski definition) is 3. The van der Waals surface area contributed by atoms with Crippen LogP contribution in [0, 0.1) is 17.5 Å². The quantitative estimate of drug-likeness (QED) is 0.461. The Bertz CT molecular complexity index is 1370. The van der Waals surface area contributed by atoms with Crippen molar-refractivity contribution in [2.75, 3.05) is 0 Å². The number of aromatic nitrogens is 2. The highest BCUT2D eigenvalue weighted by atomic mass is 19.2. The van der Waals surface area contributed by atoms with Gasteiger partial charge in [0, 0.05) is 34.5 Å². The lowest BCUT2D eigenvalue weighted by Gasteiger charge is -2.10. The Morgan fingerprint density at radius 1 is 0.931 bits per heavy atom. The summed E-state index contributed by atoms with van der Waals surface area (Å²) in [6, 6.07) is 9.81. The van der Waals surface area contributed by atoms with E-state index in [-0.39, 0.29) is 16.8 Å². The zero-order valence-electron chi connectivity index (χ0n) is 14.7. The maximum absolute atomic E-state index is 14.6. The number of nitrogens with two attached hydrogens (primary N) is 1. The molecule has 8 heteroatoms. The fourth-order valence-corrected chi connectivity index (χ4v) is 3.60. The number of carbonyl (C=O) groups excluding carboxylic acids is 1. The average Bonchev–Trinajstić information content (AvgIpc) is 3.06. The van der Waals surface area contributed by atoms with E-state index in [0.717, 1.165) is 6.07 Å². The zero-order chi connectivity index (χ0) is 20.3. The number of fused-ring (bicyclic) bond motifs is 2. The largest absolute Gasteiger partial charge is 0.366 e. The molecule has 2 aromatic heterocycles. The number of benzene rings is 2. The lowest BCUT2D eigenvalue weighted by atomic mass is 9.96. The molecule has 0 saturated heterocycles. The van der Waals surface area contributed by atoms with Crippen LogP contribution in [0.3, 0.4) is 0 Å². The minimum atomic E-state index is -1.29. The first-order valence-corrected chi connectivity index (χ1v) is 8.59. The highest BCUT2D eigenvalue weighted by Crippen LogP contribution is 2.41. The second-order valence-electron chi connectivity index (χ2n) is 6.54. The summed E-state index contributed by atoms with van der Waals surface area (Å²) >= 11 is 0. The third kappa shape index (κ3) is 2.46. The first-order chi connectivity index (χ1) is 14.0. The smallest absolute Gasteiger partial charge is 0.251 e. The lowest BCUT2D eigenvalue weighted by Crippen LogP contribution is -2.14. The highest BCUT2D eigenvalue weighted by Gasteiger charge is 2.27. The molecule has 0 saturated carbocycles. The Kier molecular flexibility index (Phi) is 3.57. The van der Waals surface area contributed by atoms with Crippen LogP contribution < -0.4 is 5.73 Å². The lowest BCUT2D eigenvalue weighted by molar-refractivity contribution is 0.100. The summed E-state index contributed by atoms with van der Waals surface area (Å²) in [7, 11) is 0. The van der Waals surface area contributed by atoms with Crippen molar-refractivity contribution in [1.82, 2.24) is 9.61 Å². The molecule has 0 bridgehead atoms. The van der Waals surface area contributed by atoms with E-state index in [4.69, 9.17) is 5.73 Å². The van der Waals surface area contributed by atoms with Gasteiger partial charge in [0.05, 0.1) is 28.7 Å². The van der Waals surface area contributed by atoms with E-state index >= 15 is 0 Å². The molecular formula is C21H11F3N4O. The monoisotopic (exact) mass is 392 g/mol. The topological polar surface area (TPSA) is 72.8 Å². The molecule has 2 N–H and O–H groups in total. The summed E-state index contributed by atoms with van der Waals surface area (Å²) in [5.74, 6) is -4.12. The molecule has 0 unspecified atom stereocenters. The van der Waals surface area contributed by atoms with Gasteiger partial charge in [0.2, 0.25) is 0 Å². The molecule has 0 aliphatic carbocycles. The van der Waals surface area contributed by atoms with E-state index in [1.165, 1.54) is 10.7 Å². The molecule has 1 aliphatic rings. The summed E-state index contributed by atoms with van der Waals surface area (Å²) in [6.45, 7) is 0. The van der Waals surface area contributed by atoms with Gasteiger partial charge < -0.3 is 5.73 Å². The molecular weight excluding hydrogens is 381 g/mol. The van der Waals surface area contributed by atoms with E-state index in [2.05, 4.69) is 10.1 Å². The minimum Gasteiger partial charge on any atom is -0.366 e. The van der Waals surface area contributed by atoms with Crippen LogP contribution in [0.15, 0.2) is 59.9 Å². The first kappa shape index (κ1) is 17.2. The molecule has 29 heavy (non-hydrogen) atoms. The van der Waals surface area contributed by atoms with Gasteiger partial charge in [0.15, 0.2) is 11.6 Å². The number of amides is 1. The number of rotatable bonds is 2. The van der Waals surface area contributed by atoms with Gasteiger partial charge in [0.1, 0.15) is 5.82 Å². The number of para-hydroxylation sites is 1. The van der Waals surface area contributed by atoms with Crippen molar-refractivity contribution in [3.63, 3.8) is 0 Å². The Balaban J connectivity index is 1.95. The molecule has 0 spiro atoms. The Morgan fingerprint density at radius 2 is 1.69 bits per heavy atom. The molecule has 5 rings (SSSR count). The van der Waals surface area contributed by atoms with Crippen LogP contribution >= 0.6 is 0 Å². The van der Waals surface area contributed by atoms with E-state index < -0.39 is 23.4 Å². The summed E-state index contributed by atoms with van der Waals surface area (Å²) in [5.41, 5.74) is 8.02. The summed E-state index contributed by atoms with van der Waals surface area (Å²) in [5, 5.41) is 4.20. The zero-order valence-corrected chi connectivity index (χ0v) is 14.7. The minimum absolute atomic E-state index is 0.0959. The van der Waals surface area contributed by atoms with Gasteiger partial charge in [-0.2, -0.15) is 5.10 Å². The van der Waals surface area contributed by atoms with Crippen LogP contribution in [0.2, 0.25) is 0 Å². The van der Waals surface area contributed by atoms with E-state index in [1.807, 2.05) is 0 Å². The van der Waals surface area contributed by atoms with Crippen LogP contribution in [0.25, 0.3) is 16.6 Å². The van der Waals surface area contributed by atoms with Crippen LogP contribution in [-0.2, 0) is 0 Å². The van der Waals surface area contributed by atoms with Crippen molar-refractivity contribution >= 4 is 22.8 Å². The number of halogens is 3. The van der Waals surface area contributed by atoms with Crippen molar-refractivity contribution in [1.29, 1.82) is 0 Å². The maximum Gasteiger partial charge on any atom is 0.251 e. The summed E-state index contributed by atoms with van der Waals surface area (Å²) in [6.07, 6.45) is 2.97. The number of carbonyl (C=O) groups is 1. The second kappa shape index (κ2) is 6.03. The third-order valence-corrected chi connectivity index (χ3v) is 4.88. The number of primary amides is 1. The fourth-order valence-electron chi connectivity index (χ4n) is 3.60. The Labute approximate surface area is 161 Å². The van der Waals surface area contributed by atoms with Crippen LogP contribution in [0.1, 0.15) is 21.5 Å². The molecule has 2 aromatic carbocycles. The number of nitrogens with zero attached hydrogens (tertiary/aromatic N) is 3. The molecule has 4 aromatic rings. The van der Waals surface area contributed by atoms with E-state index in [0.29, 0.717) is 34.0 Å². The first-order valence-electron chi connectivity index (χ1n) is 8.59. The predicted octanol–water partition coefficient (Wildman–Crippen LogP) is 4.00. The van der Waals surface area contributed by atoms with Gasteiger partial charge in [-0.1, -0.05) is 18.2 Å². The van der Waals surface area contributed by atoms with Crippen LogP contribution in [0.4, 0.5) is 18.9 Å². The number of hydrogen-bond donors (Lipinski definition) is 1. The Morgan fingerprint density at radius 3 is 2.48 bits per heavy atom. The van der Waals surface area contributed by atoms with Crippen molar-refractivity contribution in [2.45, 2.75) is 0 Å². The van der Waals surface area contributed by atoms with Crippen molar-refractivity contribution in [2.24, 2.45) is 10.7 Å². The molecule has 142 valence electrons. The summed E-state index contributed by atoms with van der Waals surface area (Å²) < 4.78 is 43.5. The van der Waals surface area contributed by atoms with Gasteiger partial charge in [-0.3, -0.25) is 4.79 Å². The van der Waals surface area contributed by atoms with Gasteiger partial charge in [-0.05, 0) is 18.2 Å². The molecule has 0 fully saturated rings. The molecule has 0 radical (unpaired) electrons. The molecule has 1 amide bonds. The molecule has 5 nitrogen and oxygen atoms in total. The molecule has 3 heterocycles. The normalized spacial score (nSPS) is 12.4. The molecule has 0 atom stereocenters. The molecule has 1 aliphatic heterocycles. The van der Waals surface area contributed by atoms with Gasteiger partial charge >= 0.3 is 0 Å². The van der Waals surface area contributed by atoms with Crippen molar-refractivity contribution in [3.8, 4) is 11.1 Å². The predicted molar refractivity (Wildman–Crippen MR) is 101 cm³/mol. The van der Waals surface area contributed by atoms with Gasteiger partial charge in [-0.15, -0.1) is 0 Å². The summed E-state index contributed by atoms with van der Waals surface area (Å²) in [4.78, 5) is 16.6. The Hall–Kier alpha value is -3.94. The highest BCUT2D eigenvalue weighted by molar-refractivity contribution is 6.22. The van der Waals surface area contributed by atoms with E-state index in [1.54, 1.807) is 36.5 Å². The number of aliphatic imine (C=N–C) groups is 1. The standard InChI is InChI=1S/C21H11F3N4O/c22-14-8-16(24)15(23)7-12(14)19-11-5-6-28-20(11)18(13(9-26-28)21(25)29)10-3-1-2-4-17(10)27-19/h1-9H,(H2,25,29). The van der Waals surface area contributed by atoms with Crippen LogP contribution in [0.5, 0.6) is 0 Å². The maximum atomic E-state index is 14.6. The SMILES string of the molecule is NC(=O)c1cnn2ccc3c2c1-c1ccccc1N=C3c1cc(F)c(F)cc1F. The second-order valence-corrected chi connectivity index (χ2v) is 6.54. The fraction of sp³-hybridized carbons (Fsp3) is 0. The van der Waals surface area contributed by atoms with E-state index in [9.17, 15) is 18.0 Å². The van der Waals surface area contributed by atoms with Crippen LogP contribution in [-0.4, -0.2) is 21.2 Å². The van der Waals surface area contributed by atoms with Gasteiger partial charge in [0.25, 0.3) is 5.91 Å². The third-order valence-electron chi connectivity index (χ3n) is 4.88.